The van der Waals surface area contributed by atoms with Crippen molar-refractivity contribution in [1.29, 1.82) is 5.26 Å². The minimum atomic E-state index is -0.936. The lowest BCUT2D eigenvalue weighted by Crippen LogP contribution is -2.11. The van der Waals surface area contributed by atoms with Crippen molar-refractivity contribution in [2.24, 2.45) is 5.41 Å². The number of rotatable bonds is 5. The molecule has 5 nitrogen and oxygen atoms in total. The van der Waals surface area contributed by atoms with Gasteiger partial charge in [-0.1, -0.05) is 0 Å². The zero-order chi connectivity index (χ0) is 13.9. The first-order valence-corrected chi connectivity index (χ1v) is 5.97. The second kappa shape index (κ2) is 5.21. The van der Waals surface area contributed by atoms with Gasteiger partial charge in [0.2, 0.25) is 0 Å². The third-order valence-electron chi connectivity index (χ3n) is 3.07. The van der Waals surface area contributed by atoms with E-state index in [0.29, 0.717) is 17.9 Å². The van der Waals surface area contributed by atoms with E-state index in [2.05, 4.69) is 11.2 Å². The fourth-order valence-corrected chi connectivity index (χ4v) is 1.95. The molecule has 5 heteroatoms. The van der Waals surface area contributed by atoms with Crippen LogP contribution in [0.5, 0.6) is 0 Å². The van der Waals surface area contributed by atoms with Crippen LogP contribution in [-0.4, -0.2) is 20.9 Å². The van der Waals surface area contributed by atoms with Gasteiger partial charge in [-0.05, 0) is 40.5 Å². The molecule has 0 aromatic carbocycles. The molecular formula is C13H19N3O2. The Balaban J connectivity index is 2.73. The van der Waals surface area contributed by atoms with E-state index in [4.69, 9.17) is 10.4 Å². The molecule has 0 spiro atoms. The van der Waals surface area contributed by atoms with Gasteiger partial charge in [0, 0.05) is 6.54 Å². The van der Waals surface area contributed by atoms with Crippen molar-refractivity contribution in [3.63, 3.8) is 0 Å². The molecular weight excluding hydrogens is 230 g/mol. The van der Waals surface area contributed by atoms with Crippen LogP contribution in [0.15, 0.2) is 0 Å². The maximum absolute atomic E-state index is 11.0. The van der Waals surface area contributed by atoms with Crippen LogP contribution in [0, 0.1) is 30.6 Å². The van der Waals surface area contributed by atoms with E-state index in [1.165, 1.54) is 0 Å². The second-order valence-corrected chi connectivity index (χ2v) is 5.17. The first-order valence-electron chi connectivity index (χ1n) is 5.97. The molecule has 18 heavy (non-hydrogen) atoms. The first-order chi connectivity index (χ1) is 8.28. The largest absolute Gasteiger partial charge is 0.478 e. The Morgan fingerprint density at radius 1 is 1.50 bits per heavy atom. The van der Waals surface area contributed by atoms with Crippen molar-refractivity contribution in [3.8, 4) is 6.07 Å². The third kappa shape index (κ3) is 3.10. The van der Waals surface area contributed by atoms with Gasteiger partial charge in [-0.3, -0.25) is 4.68 Å². The van der Waals surface area contributed by atoms with Gasteiger partial charge in [0.05, 0.1) is 22.9 Å². The van der Waals surface area contributed by atoms with E-state index in [0.717, 1.165) is 12.8 Å². The molecule has 1 heterocycles. The first kappa shape index (κ1) is 14.2. The molecule has 1 aromatic heterocycles. The highest BCUT2D eigenvalue weighted by molar-refractivity contribution is 5.90. The summed E-state index contributed by atoms with van der Waals surface area (Å²) in [7, 11) is 0. The molecule has 1 aromatic rings. The number of aromatic nitrogens is 2. The van der Waals surface area contributed by atoms with Crippen molar-refractivity contribution in [2.75, 3.05) is 0 Å². The molecule has 0 aliphatic rings. The fourth-order valence-electron chi connectivity index (χ4n) is 1.95. The number of aromatic carboxylic acids is 1. The van der Waals surface area contributed by atoms with Gasteiger partial charge >= 0.3 is 5.97 Å². The van der Waals surface area contributed by atoms with Gasteiger partial charge in [-0.2, -0.15) is 10.4 Å². The minimum Gasteiger partial charge on any atom is -0.478 e. The summed E-state index contributed by atoms with van der Waals surface area (Å²) in [4.78, 5) is 11.0. The Morgan fingerprint density at radius 3 is 2.56 bits per heavy atom. The van der Waals surface area contributed by atoms with E-state index in [1.54, 1.807) is 18.5 Å². The van der Waals surface area contributed by atoms with Crippen molar-refractivity contribution < 1.29 is 9.90 Å². The van der Waals surface area contributed by atoms with E-state index in [-0.39, 0.29) is 11.0 Å². The Morgan fingerprint density at radius 2 is 2.11 bits per heavy atom. The highest BCUT2D eigenvalue weighted by Crippen LogP contribution is 2.21. The van der Waals surface area contributed by atoms with Gasteiger partial charge in [0.15, 0.2) is 0 Å². The van der Waals surface area contributed by atoms with Crippen LogP contribution >= 0.6 is 0 Å². The third-order valence-corrected chi connectivity index (χ3v) is 3.07. The maximum Gasteiger partial charge on any atom is 0.339 e. The summed E-state index contributed by atoms with van der Waals surface area (Å²) in [6.07, 6.45) is 1.58. The molecule has 1 N–H and O–H groups in total. The zero-order valence-corrected chi connectivity index (χ0v) is 11.3. The topological polar surface area (TPSA) is 78.9 Å². The lowest BCUT2D eigenvalue weighted by Gasteiger charge is -2.14. The second-order valence-electron chi connectivity index (χ2n) is 5.17. The molecule has 0 unspecified atom stereocenters. The van der Waals surface area contributed by atoms with Gasteiger partial charge in [-0.15, -0.1) is 0 Å². The summed E-state index contributed by atoms with van der Waals surface area (Å²) in [6, 6.07) is 2.25. The van der Waals surface area contributed by atoms with Crippen LogP contribution in [-0.2, 0) is 6.54 Å². The number of carboxylic acids is 1. The summed E-state index contributed by atoms with van der Waals surface area (Å²) in [5.74, 6) is -0.936. The number of nitriles is 1. The van der Waals surface area contributed by atoms with Gasteiger partial charge in [0.25, 0.3) is 0 Å². The van der Waals surface area contributed by atoms with Crippen LogP contribution in [0.1, 0.15) is 48.4 Å². The smallest absolute Gasteiger partial charge is 0.339 e. The summed E-state index contributed by atoms with van der Waals surface area (Å²) >= 11 is 0. The van der Waals surface area contributed by atoms with Gasteiger partial charge < -0.3 is 5.11 Å². The highest BCUT2D eigenvalue weighted by atomic mass is 16.4. The predicted octanol–water partition coefficient (Wildman–Crippen LogP) is 2.53. The van der Waals surface area contributed by atoms with Crippen molar-refractivity contribution in [2.45, 2.75) is 47.1 Å². The monoisotopic (exact) mass is 249 g/mol. The summed E-state index contributed by atoms with van der Waals surface area (Å²) < 4.78 is 1.71. The Kier molecular flexibility index (Phi) is 4.12. The van der Waals surface area contributed by atoms with Gasteiger partial charge in [-0.25, -0.2) is 4.79 Å². The van der Waals surface area contributed by atoms with E-state index in [9.17, 15) is 4.79 Å². The van der Waals surface area contributed by atoms with E-state index < -0.39 is 5.97 Å². The zero-order valence-electron chi connectivity index (χ0n) is 11.3. The van der Waals surface area contributed by atoms with Crippen LogP contribution in [0.2, 0.25) is 0 Å². The normalized spacial score (nSPS) is 11.3. The van der Waals surface area contributed by atoms with E-state index in [1.807, 2.05) is 13.8 Å². The number of carboxylic acid groups (broad SMARTS) is 1. The lowest BCUT2D eigenvalue weighted by atomic mass is 9.90. The average Bonchev–Trinajstić information content (AvgIpc) is 2.54. The van der Waals surface area contributed by atoms with Crippen LogP contribution < -0.4 is 0 Å². The average molecular weight is 249 g/mol. The molecule has 1 rings (SSSR count). The van der Waals surface area contributed by atoms with E-state index >= 15 is 0 Å². The van der Waals surface area contributed by atoms with Crippen LogP contribution in [0.25, 0.3) is 0 Å². The SMILES string of the molecule is Cc1nn(CCCC(C)(C)C#N)c(C)c1C(=O)O. The number of hydrogen-bond donors (Lipinski definition) is 1. The molecule has 0 bridgehead atoms. The summed E-state index contributed by atoms with van der Waals surface area (Å²) in [5.41, 5.74) is 1.16. The predicted molar refractivity (Wildman–Crippen MR) is 67.3 cm³/mol. The Hall–Kier alpha value is -1.83. The molecule has 0 amide bonds. The number of hydrogen-bond acceptors (Lipinski definition) is 3. The molecule has 0 radical (unpaired) electrons. The molecule has 0 aliphatic heterocycles. The van der Waals surface area contributed by atoms with Gasteiger partial charge in [0.1, 0.15) is 5.56 Å². The Bertz CT molecular complexity index is 495. The van der Waals surface area contributed by atoms with Crippen molar-refractivity contribution in [1.82, 2.24) is 9.78 Å². The standard InChI is InChI=1S/C13H19N3O2/c1-9-11(12(17)18)10(2)16(15-9)7-5-6-13(3,4)8-14/h5-7H2,1-4H3,(H,17,18). The molecule has 0 saturated heterocycles. The number of carbonyl (C=O) groups is 1. The summed E-state index contributed by atoms with van der Waals surface area (Å²) in [5, 5.41) is 22.2. The molecule has 98 valence electrons. The Labute approximate surface area is 107 Å². The van der Waals surface area contributed by atoms with Crippen LogP contribution in [0.3, 0.4) is 0 Å². The van der Waals surface area contributed by atoms with Crippen LogP contribution in [0.4, 0.5) is 0 Å². The fraction of sp³-hybridized carbons (Fsp3) is 0.615. The lowest BCUT2D eigenvalue weighted by molar-refractivity contribution is 0.0695. The molecule has 0 saturated carbocycles. The summed E-state index contributed by atoms with van der Waals surface area (Å²) in [6.45, 7) is 7.91. The van der Waals surface area contributed by atoms with Crippen molar-refractivity contribution >= 4 is 5.97 Å². The minimum absolute atomic E-state index is 0.287. The maximum atomic E-state index is 11.0. The number of nitrogens with zero attached hydrogens (tertiary/aromatic N) is 3. The number of aryl methyl sites for hydroxylation is 2. The highest BCUT2D eigenvalue weighted by Gasteiger charge is 2.19. The quantitative estimate of drug-likeness (QED) is 0.869. The molecule has 0 fully saturated rings. The molecule has 0 atom stereocenters. The van der Waals surface area contributed by atoms with Crippen molar-refractivity contribution in [3.05, 3.63) is 17.0 Å². The molecule has 0 aliphatic carbocycles.